The van der Waals surface area contributed by atoms with E-state index in [1.807, 2.05) is 97.1 Å². The molecule has 0 amide bonds. The first-order chi connectivity index (χ1) is 22.3. The number of rotatable bonds is 0. The molecule has 16 heterocycles. The van der Waals surface area contributed by atoms with Crippen LogP contribution < -0.4 is 0 Å². The monoisotopic (exact) mass is 712 g/mol. The zero-order valence-electron chi connectivity index (χ0n) is 23.8. The summed E-state index contributed by atoms with van der Waals surface area (Å²) in [5, 5.41) is 43.2. The molecule has 16 aliphatic heterocycles. The maximum atomic E-state index is 10.8. The van der Waals surface area contributed by atoms with Crippen LogP contribution in [0.3, 0.4) is 0 Å². The molecule has 10 heteroatoms. The second-order valence-corrected chi connectivity index (χ2v) is 16.8. The van der Waals surface area contributed by atoms with Crippen LogP contribution >= 0.6 is 70.6 Å². The van der Waals surface area contributed by atoms with Gasteiger partial charge in [-0.05, 0) is 121 Å². The lowest BCUT2D eigenvalue weighted by molar-refractivity contribution is 0.438. The van der Waals surface area contributed by atoms with Gasteiger partial charge in [-0.2, -0.15) is 0 Å². The molecule has 0 saturated carbocycles. The lowest BCUT2D eigenvalue weighted by Gasteiger charge is -2.11. The Labute approximate surface area is 292 Å². The van der Waals surface area contributed by atoms with Crippen LogP contribution in [0, 0.1) is 0 Å². The van der Waals surface area contributed by atoms with Crippen LogP contribution in [0.5, 0.6) is 23.0 Å². The maximum absolute atomic E-state index is 10.8. The standard InChI is InChI=1S/C36H24O4S6/c37-29-18-34-30(38)17-33(29)43-25-9-1-21(2-10-25)41-22-3-11-26(12-4-22)44-35-19-32(40)36(20-31(35)39)46-28-15-7-24(8-16-28)42-23-5-13-27(45-34)14-6-23/h1-20,37-40H. The molecule has 6 aromatic rings. The van der Waals surface area contributed by atoms with Crippen LogP contribution in [0.15, 0.2) is 180 Å². The fraction of sp³-hybridized carbons (Fsp3) is 0. The Morgan fingerprint density at radius 2 is 0.391 bits per heavy atom. The highest BCUT2D eigenvalue weighted by Crippen LogP contribution is 2.46. The van der Waals surface area contributed by atoms with Gasteiger partial charge in [0.1, 0.15) is 23.0 Å². The molecule has 0 radical (unpaired) electrons. The first-order valence-corrected chi connectivity index (χ1v) is 18.8. The van der Waals surface area contributed by atoms with Crippen molar-refractivity contribution in [2.45, 2.75) is 58.7 Å². The Balaban J connectivity index is 1.19. The van der Waals surface area contributed by atoms with Crippen molar-refractivity contribution in [3.05, 3.63) is 121 Å². The average molecular weight is 713 g/mol. The number of hydrogen-bond acceptors (Lipinski definition) is 10. The van der Waals surface area contributed by atoms with E-state index in [-0.39, 0.29) is 23.0 Å². The summed E-state index contributed by atoms with van der Waals surface area (Å²) in [6, 6.07) is 38.7. The molecule has 4 N–H and O–H groups in total. The van der Waals surface area contributed by atoms with Gasteiger partial charge in [-0.1, -0.05) is 70.6 Å². The van der Waals surface area contributed by atoms with Crippen LogP contribution in [0.25, 0.3) is 0 Å². The molecule has 16 aliphatic rings. The molecular formula is C36H24O4S6. The van der Waals surface area contributed by atoms with Gasteiger partial charge in [0.05, 0.1) is 19.6 Å². The summed E-state index contributed by atoms with van der Waals surface area (Å²) in [5.41, 5.74) is 0. The van der Waals surface area contributed by atoms with Crippen molar-refractivity contribution >= 4 is 70.6 Å². The van der Waals surface area contributed by atoms with Crippen LogP contribution in [0.4, 0.5) is 0 Å². The van der Waals surface area contributed by atoms with Crippen molar-refractivity contribution in [1.82, 2.24) is 0 Å². The predicted molar refractivity (Wildman–Crippen MR) is 190 cm³/mol. The fourth-order valence-electron chi connectivity index (χ4n) is 4.49. The smallest absolute Gasteiger partial charge is 0.130 e. The highest BCUT2D eigenvalue weighted by atomic mass is 32.2. The van der Waals surface area contributed by atoms with Gasteiger partial charge in [0, 0.05) is 39.2 Å². The van der Waals surface area contributed by atoms with Crippen molar-refractivity contribution in [2.75, 3.05) is 0 Å². The van der Waals surface area contributed by atoms with Gasteiger partial charge in [0.25, 0.3) is 0 Å². The number of phenols is 4. The molecule has 0 atom stereocenters. The minimum Gasteiger partial charge on any atom is -0.507 e. The molecule has 0 spiro atoms. The topological polar surface area (TPSA) is 80.9 Å². The Bertz CT molecular complexity index is 1720. The molecule has 0 aliphatic carbocycles. The largest absolute Gasteiger partial charge is 0.507 e. The van der Waals surface area contributed by atoms with Crippen molar-refractivity contribution in [2.24, 2.45) is 0 Å². The number of phenolic OH excluding ortho intramolecular Hbond substituents is 4. The molecule has 46 heavy (non-hydrogen) atoms. The Morgan fingerprint density at radius 3 is 0.565 bits per heavy atom. The van der Waals surface area contributed by atoms with Crippen molar-refractivity contribution in [3.8, 4) is 23.0 Å². The number of hydrogen-bond donors (Lipinski definition) is 4. The fourth-order valence-corrected chi connectivity index (χ4v) is 9.56. The van der Waals surface area contributed by atoms with Crippen molar-refractivity contribution < 1.29 is 20.4 Å². The van der Waals surface area contributed by atoms with E-state index in [4.69, 9.17) is 0 Å². The maximum Gasteiger partial charge on any atom is 0.130 e. The molecule has 0 fully saturated rings. The van der Waals surface area contributed by atoms with E-state index >= 15 is 0 Å². The van der Waals surface area contributed by atoms with Crippen LogP contribution in [-0.4, -0.2) is 20.4 Å². The third-order valence-electron chi connectivity index (χ3n) is 6.76. The minimum absolute atomic E-state index is 0.120. The Kier molecular flexibility index (Phi) is 9.35. The average Bonchev–Trinajstić information content (AvgIpc) is 3.05. The van der Waals surface area contributed by atoms with E-state index in [9.17, 15) is 20.4 Å². The van der Waals surface area contributed by atoms with Gasteiger partial charge in [0.15, 0.2) is 0 Å². The lowest BCUT2D eigenvalue weighted by Crippen LogP contribution is -1.82. The Hall–Kier alpha value is -3.38. The van der Waals surface area contributed by atoms with Crippen LogP contribution in [-0.2, 0) is 0 Å². The summed E-state index contributed by atoms with van der Waals surface area (Å²) >= 11 is 8.86. The highest BCUT2D eigenvalue weighted by molar-refractivity contribution is 8.01. The molecule has 22 rings (SSSR count). The first-order valence-electron chi connectivity index (χ1n) is 13.9. The summed E-state index contributed by atoms with van der Waals surface area (Å²) in [5.74, 6) is 0.479. The summed E-state index contributed by atoms with van der Waals surface area (Å²) in [6.45, 7) is 0. The molecule has 0 saturated heterocycles. The summed E-state index contributed by atoms with van der Waals surface area (Å²) < 4.78 is 0. The quantitative estimate of drug-likeness (QED) is 0.114. The van der Waals surface area contributed by atoms with Gasteiger partial charge in [-0.25, -0.2) is 0 Å². The summed E-state index contributed by atoms with van der Waals surface area (Å²) in [4.78, 5) is 10.4. The highest BCUT2D eigenvalue weighted by Gasteiger charge is 2.14. The summed E-state index contributed by atoms with van der Waals surface area (Å²) in [7, 11) is 0. The van der Waals surface area contributed by atoms with Gasteiger partial charge in [-0.3, -0.25) is 0 Å². The third kappa shape index (κ3) is 7.43. The van der Waals surface area contributed by atoms with E-state index in [0.29, 0.717) is 19.6 Å². The van der Waals surface area contributed by atoms with Crippen molar-refractivity contribution in [1.29, 1.82) is 0 Å². The van der Waals surface area contributed by atoms with E-state index in [2.05, 4.69) is 0 Å². The summed E-state index contributed by atoms with van der Waals surface area (Å²) in [6.07, 6.45) is 0. The minimum atomic E-state index is 0.120. The normalized spacial score (nSPS) is 13.0. The zero-order chi connectivity index (χ0) is 31.6. The van der Waals surface area contributed by atoms with Gasteiger partial charge in [-0.15, -0.1) is 0 Å². The molecule has 0 aromatic heterocycles. The van der Waals surface area contributed by atoms with Gasteiger partial charge < -0.3 is 20.4 Å². The van der Waals surface area contributed by atoms with Crippen molar-refractivity contribution in [3.63, 3.8) is 0 Å². The molecule has 0 unspecified atom stereocenters. The third-order valence-corrected chi connectivity index (χ3v) is 13.0. The van der Waals surface area contributed by atoms with Gasteiger partial charge >= 0.3 is 0 Å². The second kappa shape index (κ2) is 13.8. The molecule has 6 aromatic carbocycles. The first kappa shape index (κ1) is 31.2. The number of benzene rings is 6. The molecular weight excluding hydrogens is 689 g/mol. The van der Waals surface area contributed by atoms with E-state index in [1.165, 1.54) is 47.0 Å². The second-order valence-electron chi connectivity index (χ2n) is 10.1. The lowest BCUT2D eigenvalue weighted by atomic mass is 10.3. The molecule has 228 valence electrons. The van der Waals surface area contributed by atoms with Crippen LogP contribution in [0.1, 0.15) is 0 Å². The van der Waals surface area contributed by atoms with Gasteiger partial charge in [0.2, 0.25) is 0 Å². The van der Waals surface area contributed by atoms with E-state index in [1.54, 1.807) is 47.8 Å². The molecule has 4 nitrogen and oxygen atoms in total. The Morgan fingerprint density at radius 1 is 0.239 bits per heavy atom. The predicted octanol–water partition coefficient (Wildman–Crippen LogP) is 11.7. The zero-order valence-corrected chi connectivity index (χ0v) is 28.7. The SMILES string of the molecule is Oc1cc2c(O)cc1Sc1ccc(cc1)Sc1ccc(cc1)Sc1cc(O)c(cc1O)Sc1ccc(cc1)Sc1ccc(cc1)S2. The molecule has 12 bridgehead atoms. The van der Waals surface area contributed by atoms with Crippen LogP contribution in [0.2, 0.25) is 0 Å². The number of aromatic hydroxyl groups is 4. The van der Waals surface area contributed by atoms with E-state index < -0.39 is 0 Å². The van der Waals surface area contributed by atoms with E-state index in [0.717, 1.165) is 39.2 Å².